The molecule has 6 nitrogen and oxygen atoms in total. The number of nitrogens with zero attached hydrogens (tertiary/aromatic N) is 2. The first kappa shape index (κ1) is 32.9. The Hall–Kier alpha value is -4.02. The molecule has 0 radical (unpaired) electrons. The molecule has 0 saturated carbocycles. The second-order valence-corrected chi connectivity index (χ2v) is 11.1. The largest absolute Gasteiger partial charge is 0.491 e. The van der Waals surface area contributed by atoms with Gasteiger partial charge < -0.3 is 19.4 Å². The van der Waals surface area contributed by atoms with Gasteiger partial charge in [0.2, 0.25) is 5.91 Å². The number of anilines is 1. The Morgan fingerprint density at radius 3 is 2.39 bits per heavy atom. The van der Waals surface area contributed by atoms with Crippen LogP contribution in [0.5, 0.6) is 5.75 Å². The van der Waals surface area contributed by atoms with E-state index in [1.165, 1.54) is 18.2 Å². The van der Waals surface area contributed by atoms with Crippen LogP contribution in [0.1, 0.15) is 43.5 Å². The smallest absolute Gasteiger partial charge is 0.416 e. The molecule has 232 valence electrons. The number of carbonyl (C=O) groups is 1. The quantitative estimate of drug-likeness (QED) is 0.112. The average Bonchev–Trinajstić information content (AvgIpc) is 3.37. The number of hydrogen-bond acceptors (Lipinski definition) is 5. The van der Waals surface area contributed by atoms with Crippen LogP contribution in [0.2, 0.25) is 0 Å². The molecule has 3 aromatic carbocycles. The van der Waals surface area contributed by atoms with Crippen LogP contribution in [0.15, 0.2) is 89.1 Å². The minimum absolute atomic E-state index is 0.107. The van der Waals surface area contributed by atoms with Gasteiger partial charge in [-0.1, -0.05) is 43.3 Å². The van der Waals surface area contributed by atoms with Gasteiger partial charge in [-0.2, -0.15) is 13.2 Å². The van der Waals surface area contributed by atoms with Crippen molar-refractivity contribution in [2.75, 3.05) is 25.1 Å². The molecule has 0 atom stereocenters. The number of imidazole rings is 1. The molecule has 0 bridgehead atoms. The maximum Gasteiger partial charge on any atom is 0.416 e. The first-order valence-electron chi connectivity index (χ1n) is 14.5. The molecular formula is C34H36F3N3O3S. The number of aryl methyl sites for hydroxylation is 2. The van der Waals surface area contributed by atoms with Crippen LogP contribution >= 0.6 is 11.8 Å². The van der Waals surface area contributed by atoms with E-state index in [-0.39, 0.29) is 5.56 Å². The van der Waals surface area contributed by atoms with Crippen LogP contribution < -0.4 is 10.1 Å². The van der Waals surface area contributed by atoms with E-state index in [9.17, 15) is 18.0 Å². The molecule has 4 aromatic rings. The Kier molecular flexibility index (Phi) is 11.7. The lowest BCUT2D eigenvalue weighted by Crippen LogP contribution is -2.09. The van der Waals surface area contributed by atoms with Crippen LogP contribution in [0, 0.1) is 6.92 Å². The lowest BCUT2D eigenvalue weighted by atomic mass is 9.98. The van der Waals surface area contributed by atoms with Gasteiger partial charge in [-0.25, -0.2) is 4.98 Å². The van der Waals surface area contributed by atoms with E-state index >= 15 is 0 Å². The number of aromatic nitrogens is 2. The van der Waals surface area contributed by atoms with E-state index in [0.29, 0.717) is 36.8 Å². The molecule has 10 heteroatoms. The minimum atomic E-state index is -4.58. The van der Waals surface area contributed by atoms with Gasteiger partial charge in [-0.3, -0.25) is 4.79 Å². The third-order valence-electron chi connectivity index (χ3n) is 6.74. The average molecular weight is 624 g/mol. The lowest BCUT2D eigenvalue weighted by molar-refractivity contribution is -0.137. The van der Waals surface area contributed by atoms with Crippen LogP contribution in [0.4, 0.5) is 18.9 Å². The molecule has 1 amide bonds. The number of amides is 1. The maximum atomic E-state index is 13.8. The molecule has 44 heavy (non-hydrogen) atoms. The fourth-order valence-electron chi connectivity index (χ4n) is 4.35. The van der Waals surface area contributed by atoms with Crippen molar-refractivity contribution in [3.8, 4) is 16.9 Å². The molecule has 1 heterocycles. The van der Waals surface area contributed by atoms with Gasteiger partial charge in [0.15, 0.2) is 0 Å². The summed E-state index contributed by atoms with van der Waals surface area (Å²) in [7, 11) is 0. The third-order valence-corrected chi connectivity index (χ3v) is 7.97. The number of unbranched alkanes of at least 4 members (excludes halogenated alkanes) is 1. The summed E-state index contributed by atoms with van der Waals surface area (Å²) in [6.07, 6.45) is 1.60. The maximum absolute atomic E-state index is 13.8. The van der Waals surface area contributed by atoms with Gasteiger partial charge in [0.1, 0.15) is 17.4 Å². The van der Waals surface area contributed by atoms with Gasteiger partial charge in [0.25, 0.3) is 0 Å². The first-order valence-corrected chi connectivity index (χ1v) is 15.3. The van der Waals surface area contributed by atoms with E-state index < -0.39 is 17.6 Å². The Bertz CT molecular complexity index is 1550. The Morgan fingerprint density at radius 1 is 0.977 bits per heavy atom. The number of alkyl halides is 3. The lowest BCUT2D eigenvalue weighted by Gasteiger charge is -2.13. The van der Waals surface area contributed by atoms with Gasteiger partial charge in [-0.15, -0.1) is 0 Å². The predicted molar refractivity (Wildman–Crippen MR) is 169 cm³/mol. The molecule has 0 aliphatic rings. The zero-order chi connectivity index (χ0) is 31.5. The molecular weight excluding hydrogens is 587 g/mol. The van der Waals surface area contributed by atoms with Crippen molar-refractivity contribution >= 4 is 29.4 Å². The highest BCUT2D eigenvalue weighted by atomic mass is 32.2. The van der Waals surface area contributed by atoms with Crippen molar-refractivity contribution in [1.29, 1.82) is 0 Å². The number of nitrogens with one attached hydrogen (secondary N) is 1. The summed E-state index contributed by atoms with van der Waals surface area (Å²) in [6, 6.07) is 18.3. The number of rotatable bonds is 14. The third kappa shape index (κ3) is 9.24. The second kappa shape index (κ2) is 15.6. The molecule has 0 unspecified atom stereocenters. The molecule has 1 aromatic heterocycles. The zero-order valence-electron chi connectivity index (χ0n) is 25.0. The summed E-state index contributed by atoms with van der Waals surface area (Å²) in [6.45, 7) is 8.50. The fourth-order valence-corrected chi connectivity index (χ4v) is 5.34. The van der Waals surface area contributed by atoms with Crippen LogP contribution in [0.3, 0.4) is 0 Å². The van der Waals surface area contributed by atoms with Gasteiger partial charge in [0, 0.05) is 29.8 Å². The number of carbonyl (C=O) groups excluding carboxylic acids is 1. The summed E-state index contributed by atoms with van der Waals surface area (Å²) < 4.78 is 54.6. The first-order chi connectivity index (χ1) is 21.2. The molecule has 1 N–H and O–H groups in total. The second-order valence-electron chi connectivity index (χ2n) is 10.0. The number of halogens is 3. The van der Waals surface area contributed by atoms with Crippen molar-refractivity contribution < 1.29 is 27.4 Å². The molecule has 0 aliphatic heterocycles. The molecule has 0 fully saturated rings. The Morgan fingerprint density at radius 2 is 1.70 bits per heavy atom. The van der Waals surface area contributed by atoms with E-state index in [1.54, 1.807) is 54.5 Å². The van der Waals surface area contributed by atoms with E-state index in [0.717, 1.165) is 52.7 Å². The topological polar surface area (TPSA) is 65.4 Å². The molecule has 4 rings (SSSR count). The van der Waals surface area contributed by atoms with Crippen molar-refractivity contribution in [1.82, 2.24) is 9.55 Å². The minimum Gasteiger partial charge on any atom is -0.491 e. The highest BCUT2D eigenvalue weighted by Gasteiger charge is 2.32. The standard InChI is InChI=1S/C34H36F3N3O3S/c1-4-6-19-42-20-21-43-29-13-7-25(8-14-29)26-9-17-31(34(35,36)37)27(22-26)10-18-32(41)39-28-11-15-30(16-12-28)44-33-24(3)38-23-40(33)5-2/h7-18,22-23H,4-6,19-21H2,1-3H3,(H,39,41)/b18-10+. The van der Waals surface area contributed by atoms with Crippen molar-refractivity contribution in [3.05, 3.63) is 96.0 Å². The van der Waals surface area contributed by atoms with Crippen LogP contribution in [-0.2, 0) is 22.3 Å². The SMILES string of the molecule is CCCCOCCOc1ccc(-c2ccc(C(F)(F)F)c(/C=C/C(=O)Nc3ccc(Sc4c(C)ncn4CC)cc3)c2)cc1. The van der Waals surface area contributed by atoms with Gasteiger partial charge in [0.05, 0.1) is 24.2 Å². The molecule has 0 aliphatic carbocycles. The summed E-state index contributed by atoms with van der Waals surface area (Å²) >= 11 is 1.57. The predicted octanol–water partition coefficient (Wildman–Crippen LogP) is 8.90. The molecule has 0 saturated heterocycles. The zero-order valence-corrected chi connectivity index (χ0v) is 25.8. The summed E-state index contributed by atoms with van der Waals surface area (Å²) in [5.41, 5.74) is 1.84. The molecule has 0 spiro atoms. The monoisotopic (exact) mass is 623 g/mol. The van der Waals surface area contributed by atoms with Gasteiger partial charge >= 0.3 is 6.18 Å². The van der Waals surface area contributed by atoms with Crippen molar-refractivity contribution in [3.63, 3.8) is 0 Å². The van der Waals surface area contributed by atoms with E-state index in [2.05, 4.69) is 21.8 Å². The van der Waals surface area contributed by atoms with E-state index in [1.807, 2.05) is 26.0 Å². The van der Waals surface area contributed by atoms with Crippen LogP contribution in [0.25, 0.3) is 17.2 Å². The van der Waals surface area contributed by atoms with Gasteiger partial charge in [-0.05, 0) is 91.6 Å². The Balaban J connectivity index is 1.41. The summed E-state index contributed by atoms with van der Waals surface area (Å²) in [4.78, 5) is 18.0. The Labute approximate surface area is 260 Å². The summed E-state index contributed by atoms with van der Waals surface area (Å²) in [5, 5.41) is 3.76. The van der Waals surface area contributed by atoms with Crippen molar-refractivity contribution in [2.45, 2.75) is 56.3 Å². The number of hydrogen-bond donors (Lipinski definition) is 1. The van der Waals surface area contributed by atoms with E-state index in [4.69, 9.17) is 9.47 Å². The highest BCUT2D eigenvalue weighted by molar-refractivity contribution is 7.99. The number of ether oxygens (including phenoxy) is 2. The highest BCUT2D eigenvalue weighted by Crippen LogP contribution is 2.35. The van der Waals surface area contributed by atoms with Crippen LogP contribution in [-0.4, -0.2) is 35.3 Å². The summed E-state index contributed by atoms with van der Waals surface area (Å²) in [5.74, 6) is 0.106. The van der Waals surface area contributed by atoms with Crippen molar-refractivity contribution in [2.24, 2.45) is 0 Å². The fraction of sp³-hybridized carbons (Fsp3) is 0.294. The number of benzene rings is 3. The normalized spacial score (nSPS) is 11.7.